The van der Waals surface area contributed by atoms with Gasteiger partial charge in [0.2, 0.25) is 0 Å². The van der Waals surface area contributed by atoms with E-state index < -0.39 is 0 Å². The second kappa shape index (κ2) is 7.87. The number of carbonyl (C=O) groups is 1. The van der Waals surface area contributed by atoms with Crippen molar-refractivity contribution in [1.29, 1.82) is 0 Å². The summed E-state index contributed by atoms with van der Waals surface area (Å²) in [5.74, 6) is 0.649. The van der Waals surface area contributed by atoms with Crippen LogP contribution in [-0.2, 0) is 6.54 Å². The van der Waals surface area contributed by atoms with Gasteiger partial charge in [-0.1, -0.05) is 42.0 Å². The molecule has 0 bridgehead atoms. The number of carbonyl (C=O) groups excluding carboxylic acids is 1. The fourth-order valence-corrected chi connectivity index (χ4v) is 4.07. The first-order chi connectivity index (χ1) is 12.5. The molecule has 1 aromatic heterocycles. The Bertz CT molecular complexity index is 1010. The van der Waals surface area contributed by atoms with Crippen molar-refractivity contribution in [3.05, 3.63) is 57.9 Å². The second-order valence-electron chi connectivity index (χ2n) is 6.31. The number of fused-ring (bicyclic) bond motifs is 1. The third-order valence-corrected chi connectivity index (χ3v) is 5.28. The lowest BCUT2D eigenvalue weighted by atomic mass is 10.1. The van der Waals surface area contributed by atoms with Crippen LogP contribution in [0.1, 0.15) is 41.8 Å². The van der Waals surface area contributed by atoms with Gasteiger partial charge in [0.15, 0.2) is 4.80 Å². The van der Waals surface area contributed by atoms with Gasteiger partial charge in [-0.15, -0.1) is 0 Å². The van der Waals surface area contributed by atoms with Gasteiger partial charge in [-0.2, -0.15) is 4.99 Å². The molecule has 0 aliphatic carbocycles. The molecule has 1 heterocycles. The van der Waals surface area contributed by atoms with Crippen molar-refractivity contribution in [2.75, 3.05) is 6.61 Å². The zero-order valence-corrected chi connectivity index (χ0v) is 16.5. The minimum atomic E-state index is -0.194. The van der Waals surface area contributed by atoms with Crippen LogP contribution in [0.3, 0.4) is 0 Å². The summed E-state index contributed by atoms with van der Waals surface area (Å²) in [7, 11) is 0. The molecule has 0 fully saturated rings. The number of rotatable bonds is 5. The van der Waals surface area contributed by atoms with E-state index in [4.69, 9.17) is 4.74 Å². The van der Waals surface area contributed by atoms with E-state index in [0.717, 1.165) is 44.9 Å². The molecule has 3 aromatic rings. The molecular weight excluding hydrogens is 344 g/mol. The van der Waals surface area contributed by atoms with E-state index in [-0.39, 0.29) is 5.91 Å². The average Bonchev–Trinajstić information content (AvgIpc) is 2.96. The number of thiazole rings is 1. The maximum absolute atomic E-state index is 12.8. The van der Waals surface area contributed by atoms with Crippen LogP contribution in [0.5, 0.6) is 5.75 Å². The molecule has 2 aromatic carbocycles. The van der Waals surface area contributed by atoms with Crippen LogP contribution < -0.4 is 9.54 Å². The van der Waals surface area contributed by atoms with Crippen LogP contribution in [-0.4, -0.2) is 17.1 Å². The fraction of sp³-hybridized carbons (Fsp3) is 0.333. The highest BCUT2D eigenvalue weighted by Crippen LogP contribution is 2.28. The summed E-state index contributed by atoms with van der Waals surface area (Å²) in [5.41, 5.74) is 3.69. The first-order valence-electron chi connectivity index (χ1n) is 8.96. The van der Waals surface area contributed by atoms with Crippen molar-refractivity contribution in [3.63, 3.8) is 0 Å². The highest BCUT2D eigenvalue weighted by atomic mass is 32.1. The van der Waals surface area contributed by atoms with Gasteiger partial charge in [-0.25, -0.2) is 0 Å². The van der Waals surface area contributed by atoms with Crippen LogP contribution >= 0.6 is 11.3 Å². The Morgan fingerprint density at radius 1 is 1.19 bits per heavy atom. The number of para-hydroxylation sites is 1. The molecule has 136 valence electrons. The summed E-state index contributed by atoms with van der Waals surface area (Å²) in [6, 6.07) is 11.9. The van der Waals surface area contributed by atoms with E-state index >= 15 is 0 Å². The number of amides is 1. The fourth-order valence-electron chi connectivity index (χ4n) is 3.00. The number of aryl methyl sites for hydroxylation is 3. The molecule has 1 amide bonds. The van der Waals surface area contributed by atoms with Crippen molar-refractivity contribution >= 4 is 27.5 Å². The van der Waals surface area contributed by atoms with Crippen molar-refractivity contribution in [2.45, 2.75) is 40.7 Å². The van der Waals surface area contributed by atoms with E-state index in [1.807, 2.05) is 51.1 Å². The lowest BCUT2D eigenvalue weighted by molar-refractivity contribution is 0.0997. The molecular formula is C21H24N2O2S. The highest BCUT2D eigenvalue weighted by Gasteiger charge is 2.14. The summed E-state index contributed by atoms with van der Waals surface area (Å²) < 4.78 is 8.99. The zero-order valence-electron chi connectivity index (χ0n) is 15.7. The third kappa shape index (κ3) is 3.58. The maximum atomic E-state index is 12.8. The molecule has 0 atom stereocenters. The van der Waals surface area contributed by atoms with Crippen LogP contribution in [0, 0.1) is 13.8 Å². The monoisotopic (exact) mass is 368 g/mol. The molecule has 4 nitrogen and oxygen atoms in total. The normalized spacial score (nSPS) is 11.9. The van der Waals surface area contributed by atoms with E-state index in [9.17, 15) is 4.79 Å². The SMILES string of the molecule is CCCn1c(=NC(=O)c2cc(C)ccc2C)sc2cccc(OCC)c21. The lowest BCUT2D eigenvalue weighted by Gasteiger charge is -2.08. The van der Waals surface area contributed by atoms with Crippen molar-refractivity contribution < 1.29 is 9.53 Å². The molecule has 0 unspecified atom stereocenters. The summed E-state index contributed by atoms with van der Waals surface area (Å²) in [6.07, 6.45) is 0.955. The number of hydrogen-bond donors (Lipinski definition) is 0. The van der Waals surface area contributed by atoms with E-state index in [2.05, 4.69) is 22.5 Å². The van der Waals surface area contributed by atoms with Gasteiger partial charge < -0.3 is 9.30 Å². The van der Waals surface area contributed by atoms with Crippen LogP contribution in [0.4, 0.5) is 0 Å². The topological polar surface area (TPSA) is 43.6 Å². The molecule has 0 aliphatic heterocycles. The Balaban J connectivity index is 2.19. The number of aromatic nitrogens is 1. The molecule has 0 saturated carbocycles. The Kier molecular flexibility index (Phi) is 5.57. The lowest BCUT2D eigenvalue weighted by Crippen LogP contribution is -2.17. The Morgan fingerprint density at radius 2 is 2.00 bits per heavy atom. The largest absolute Gasteiger partial charge is 0.492 e. The van der Waals surface area contributed by atoms with E-state index in [1.165, 1.54) is 11.3 Å². The number of ether oxygens (including phenoxy) is 1. The standard InChI is InChI=1S/C21H24N2O2S/c1-5-12-23-19-17(25-6-2)8-7-9-18(19)26-21(23)22-20(24)16-13-14(3)10-11-15(16)4/h7-11,13H,5-6,12H2,1-4H3. The summed E-state index contributed by atoms with van der Waals surface area (Å²) in [4.78, 5) is 18.0. The van der Waals surface area contributed by atoms with Gasteiger partial charge in [0.25, 0.3) is 5.91 Å². The van der Waals surface area contributed by atoms with Gasteiger partial charge in [-0.3, -0.25) is 4.79 Å². The van der Waals surface area contributed by atoms with Crippen molar-refractivity contribution in [1.82, 2.24) is 4.57 Å². The number of hydrogen-bond acceptors (Lipinski definition) is 3. The molecule has 0 spiro atoms. The van der Waals surface area contributed by atoms with Crippen LogP contribution in [0.25, 0.3) is 10.2 Å². The number of benzene rings is 2. The maximum Gasteiger partial charge on any atom is 0.279 e. The Labute approximate surface area is 157 Å². The Morgan fingerprint density at radius 3 is 2.73 bits per heavy atom. The predicted molar refractivity (Wildman–Crippen MR) is 107 cm³/mol. The Hall–Kier alpha value is -2.40. The molecule has 0 radical (unpaired) electrons. The average molecular weight is 369 g/mol. The van der Waals surface area contributed by atoms with Gasteiger partial charge in [-0.05, 0) is 51.0 Å². The quantitative estimate of drug-likeness (QED) is 0.645. The smallest absolute Gasteiger partial charge is 0.279 e. The minimum Gasteiger partial charge on any atom is -0.492 e. The molecule has 26 heavy (non-hydrogen) atoms. The van der Waals surface area contributed by atoms with Crippen LogP contribution in [0.15, 0.2) is 41.4 Å². The summed E-state index contributed by atoms with van der Waals surface area (Å²) in [6.45, 7) is 9.43. The molecule has 3 rings (SSSR count). The van der Waals surface area contributed by atoms with E-state index in [0.29, 0.717) is 12.2 Å². The molecule has 5 heteroatoms. The first kappa shape index (κ1) is 18.4. The molecule has 0 aliphatic rings. The van der Waals surface area contributed by atoms with Gasteiger partial charge >= 0.3 is 0 Å². The highest BCUT2D eigenvalue weighted by molar-refractivity contribution is 7.16. The second-order valence-corrected chi connectivity index (χ2v) is 7.32. The van der Waals surface area contributed by atoms with Gasteiger partial charge in [0.05, 0.1) is 11.3 Å². The first-order valence-corrected chi connectivity index (χ1v) is 9.78. The molecule has 0 N–H and O–H groups in total. The van der Waals surface area contributed by atoms with E-state index in [1.54, 1.807) is 0 Å². The van der Waals surface area contributed by atoms with Crippen LogP contribution in [0.2, 0.25) is 0 Å². The third-order valence-electron chi connectivity index (χ3n) is 4.23. The number of nitrogens with zero attached hydrogens (tertiary/aromatic N) is 2. The predicted octanol–water partition coefficient (Wildman–Crippen LogP) is 4.87. The van der Waals surface area contributed by atoms with Gasteiger partial charge in [0, 0.05) is 12.1 Å². The van der Waals surface area contributed by atoms with Crippen molar-refractivity contribution in [3.8, 4) is 5.75 Å². The summed E-state index contributed by atoms with van der Waals surface area (Å²) >= 11 is 1.53. The summed E-state index contributed by atoms with van der Waals surface area (Å²) in [5, 5.41) is 0. The minimum absolute atomic E-state index is 0.194. The molecule has 0 saturated heterocycles. The zero-order chi connectivity index (χ0) is 18.7. The van der Waals surface area contributed by atoms with Gasteiger partial charge in [0.1, 0.15) is 11.3 Å². The van der Waals surface area contributed by atoms with Crippen molar-refractivity contribution in [2.24, 2.45) is 4.99 Å².